The maximum absolute atomic E-state index is 12.4. The number of carboxylic acids is 1. The van der Waals surface area contributed by atoms with Crippen LogP contribution in [0.1, 0.15) is 41.0 Å². The summed E-state index contributed by atoms with van der Waals surface area (Å²) in [6.07, 6.45) is 0.261. The van der Waals surface area contributed by atoms with Crippen LogP contribution < -0.4 is 16.5 Å². The number of aliphatic carboxylic acids is 1. The molecule has 0 fully saturated rings. The molecule has 2 aromatic carbocycles. The van der Waals surface area contributed by atoms with Gasteiger partial charge in [0.1, 0.15) is 12.6 Å². The van der Waals surface area contributed by atoms with Crippen molar-refractivity contribution < 1.29 is 24.5 Å². The van der Waals surface area contributed by atoms with Crippen molar-refractivity contribution in [3.63, 3.8) is 0 Å². The molecule has 0 spiro atoms. The molecule has 11 nitrogen and oxygen atoms in total. The minimum absolute atomic E-state index is 0.0504. The number of fused-ring (bicyclic) bond motifs is 2. The third-order valence-corrected chi connectivity index (χ3v) is 5.35. The number of hydrazine groups is 1. The molecule has 0 bridgehead atoms. The molecule has 33 heavy (non-hydrogen) atoms. The first kappa shape index (κ1) is 23.5. The highest BCUT2D eigenvalue weighted by molar-refractivity contribution is 5.80. The standard InChI is InChI=1S/C22H25N5O6/c23-21(26-27(31)32)24-11-5-10-19(20(28)29)25-22(30)33-13-18-16-8-3-1-6-14(16)12-15-7-2-4-9-17(15)18/h1-4,6-9,18-19H,5,10-13H2,(H,25,30)(H,28,29)(H3,23,24,26)/t19-/m0/s1. The summed E-state index contributed by atoms with van der Waals surface area (Å²) in [6.45, 7) is 0.127. The van der Waals surface area contributed by atoms with E-state index in [2.05, 4.69) is 22.4 Å². The van der Waals surface area contributed by atoms with Gasteiger partial charge in [-0.3, -0.25) is 0 Å². The van der Waals surface area contributed by atoms with E-state index < -0.39 is 23.1 Å². The highest BCUT2D eigenvalue weighted by Gasteiger charge is 2.27. The van der Waals surface area contributed by atoms with Crippen LogP contribution in [0.3, 0.4) is 0 Å². The highest BCUT2D eigenvalue weighted by atomic mass is 16.7. The number of hydrogen-bond donors (Lipinski definition) is 4. The number of nitrogens with one attached hydrogen (secondary N) is 2. The summed E-state index contributed by atoms with van der Waals surface area (Å²) >= 11 is 0. The van der Waals surface area contributed by atoms with Crippen LogP contribution in [0.4, 0.5) is 4.79 Å². The third kappa shape index (κ3) is 6.42. The van der Waals surface area contributed by atoms with E-state index in [1.54, 1.807) is 5.43 Å². The molecule has 0 aliphatic heterocycles. The summed E-state index contributed by atoms with van der Waals surface area (Å²) in [5.74, 6) is -1.75. The van der Waals surface area contributed by atoms with Gasteiger partial charge in [0.2, 0.25) is 0 Å². The molecule has 0 aromatic heterocycles. The second-order valence-electron chi connectivity index (χ2n) is 7.54. The molecule has 11 heteroatoms. The lowest BCUT2D eigenvalue weighted by Gasteiger charge is -2.28. The van der Waals surface area contributed by atoms with Gasteiger partial charge in [0.05, 0.1) is 0 Å². The van der Waals surface area contributed by atoms with Gasteiger partial charge in [0.15, 0.2) is 5.03 Å². The van der Waals surface area contributed by atoms with E-state index in [0.29, 0.717) is 0 Å². The average molecular weight is 455 g/mol. The van der Waals surface area contributed by atoms with Crippen molar-refractivity contribution in [1.82, 2.24) is 10.7 Å². The molecule has 1 atom stereocenters. The third-order valence-electron chi connectivity index (χ3n) is 5.35. The highest BCUT2D eigenvalue weighted by Crippen LogP contribution is 2.36. The van der Waals surface area contributed by atoms with E-state index in [1.165, 1.54) is 11.1 Å². The van der Waals surface area contributed by atoms with E-state index in [0.717, 1.165) is 17.5 Å². The summed E-state index contributed by atoms with van der Waals surface area (Å²) in [6, 6.07) is 14.8. The summed E-state index contributed by atoms with van der Waals surface area (Å²) in [5.41, 5.74) is 11.5. The van der Waals surface area contributed by atoms with Gasteiger partial charge in [-0.15, -0.1) is 0 Å². The molecule has 2 aromatic rings. The molecule has 3 rings (SSSR count). The Morgan fingerprint density at radius 1 is 1.18 bits per heavy atom. The second-order valence-corrected chi connectivity index (χ2v) is 7.54. The predicted octanol–water partition coefficient (Wildman–Crippen LogP) is 1.78. The number of alkyl carbamates (subject to hydrolysis) is 1. The van der Waals surface area contributed by atoms with Crippen LogP contribution in [0.2, 0.25) is 0 Å². The first-order valence-corrected chi connectivity index (χ1v) is 10.4. The Bertz CT molecular complexity index is 1010. The molecule has 0 saturated carbocycles. The van der Waals surface area contributed by atoms with Gasteiger partial charge in [-0.2, -0.15) is 0 Å². The fourth-order valence-electron chi connectivity index (χ4n) is 3.85. The van der Waals surface area contributed by atoms with Crippen molar-refractivity contribution in [2.45, 2.75) is 31.2 Å². The monoisotopic (exact) mass is 455 g/mol. The molecule has 0 heterocycles. The number of carboxylic acid groups (broad SMARTS) is 1. The predicted molar refractivity (Wildman–Crippen MR) is 119 cm³/mol. The summed E-state index contributed by atoms with van der Waals surface area (Å²) in [4.78, 5) is 37.9. The Kier molecular flexibility index (Phi) is 7.79. The van der Waals surface area contributed by atoms with E-state index in [-0.39, 0.29) is 37.9 Å². The number of carbonyl (C=O) groups is 2. The zero-order chi connectivity index (χ0) is 23.8. The number of nitrogens with two attached hydrogens (primary N) is 1. The van der Waals surface area contributed by atoms with Crippen LogP contribution in [-0.2, 0) is 16.0 Å². The number of nitro groups is 1. The van der Waals surface area contributed by atoms with Crippen molar-refractivity contribution in [2.75, 3.05) is 13.2 Å². The Morgan fingerprint density at radius 2 is 1.79 bits per heavy atom. The number of amides is 1. The molecule has 1 aliphatic carbocycles. The summed E-state index contributed by atoms with van der Waals surface area (Å²) in [7, 11) is 0. The topological polar surface area (TPSA) is 169 Å². The van der Waals surface area contributed by atoms with E-state index in [4.69, 9.17) is 10.5 Å². The van der Waals surface area contributed by atoms with E-state index >= 15 is 0 Å². The Labute approximate surface area is 189 Å². The van der Waals surface area contributed by atoms with Gasteiger partial charge in [0.25, 0.3) is 5.96 Å². The molecule has 1 aliphatic rings. The Balaban J connectivity index is 1.57. The number of carbonyl (C=O) groups excluding carboxylic acids is 1. The molecule has 0 saturated heterocycles. The Morgan fingerprint density at radius 3 is 2.36 bits per heavy atom. The van der Waals surface area contributed by atoms with Crippen molar-refractivity contribution in [3.8, 4) is 0 Å². The van der Waals surface area contributed by atoms with Crippen LogP contribution >= 0.6 is 0 Å². The lowest BCUT2D eigenvalue weighted by molar-refractivity contribution is -0.525. The minimum atomic E-state index is -1.22. The van der Waals surface area contributed by atoms with E-state index in [9.17, 15) is 24.8 Å². The number of rotatable bonds is 9. The Hall–Kier alpha value is -4.15. The zero-order valence-corrected chi connectivity index (χ0v) is 17.8. The number of ether oxygens (including phenoxy) is 1. The van der Waals surface area contributed by atoms with Crippen LogP contribution in [-0.4, -0.2) is 47.4 Å². The summed E-state index contributed by atoms with van der Waals surface area (Å²) < 4.78 is 5.42. The van der Waals surface area contributed by atoms with Gasteiger partial charge < -0.3 is 20.9 Å². The van der Waals surface area contributed by atoms with E-state index in [1.807, 2.05) is 36.4 Å². The molecule has 1 amide bonds. The van der Waals surface area contributed by atoms with Gasteiger partial charge in [0, 0.05) is 12.5 Å². The van der Waals surface area contributed by atoms with Crippen LogP contribution in [0.15, 0.2) is 53.5 Å². The fraction of sp³-hybridized carbons (Fsp3) is 0.318. The number of aliphatic imine (C=N–C) groups is 1. The van der Waals surface area contributed by atoms with Crippen LogP contribution in [0.25, 0.3) is 0 Å². The van der Waals surface area contributed by atoms with Crippen LogP contribution in [0, 0.1) is 10.1 Å². The smallest absolute Gasteiger partial charge is 0.407 e. The van der Waals surface area contributed by atoms with Crippen LogP contribution in [0.5, 0.6) is 0 Å². The molecule has 0 unspecified atom stereocenters. The molecule has 0 radical (unpaired) electrons. The maximum atomic E-state index is 12.4. The quantitative estimate of drug-likeness (QED) is 0.146. The SMILES string of the molecule is NC(=NCCC[C@H](NC(=O)OCC1c2ccccc2Cc2ccccc21)C(=O)O)N[N+](=O)[O-]. The molecule has 5 N–H and O–H groups in total. The van der Waals surface area contributed by atoms with Crippen molar-refractivity contribution >= 4 is 18.0 Å². The maximum Gasteiger partial charge on any atom is 0.407 e. The normalized spacial score (nSPS) is 13.9. The molecular weight excluding hydrogens is 430 g/mol. The van der Waals surface area contributed by atoms with Gasteiger partial charge in [-0.05, 0) is 41.5 Å². The zero-order valence-electron chi connectivity index (χ0n) is 17.8. The molecule has 174 valence electrons. The largest absolute Gasteiger partial charge is 0.480 e. The first-order chi connectivity index (χ1) is 15.8. The number of hydrogen-bond acceptors (Lipinski definition) is 6. The van der Waals surface area contributed by atoms with Crippen molar-refractivity contribution in [2.24, 2.45) is 10.7 Å². The lowest BCUT2D eigenvalue weighted by atomic mass is 9.78. The number of nitrogens with zero attached hydrogens (tertiary/aromatic N) is 2. The fourth-order valence-corrected chi connectivity index (χ4v) is 3.85. The number of guanidine groups is 1. The lowest BCUT2D eigenvalue weighted by Crippen LogP contribution is -2.41. The summed E-state index contributed by atoms with van der Waals surface area (Å²) in [5, 5.41) is 21.2. The number of benzene rings is 2. The van der Waals surface area contributed by atoms with Gasteiger partial charge in [-0.1, -0.05) is 54.0 Å². The van der Waals surface area contributed by atoms with Gasteiger partial charge in [-0.25, -0.2) is 24.7 Å². The average Bonchev–Trinajstić information content (AvgIpc) is 2.78. The molecular formula is C22H25N5O6. The first-order valence-electron chi connectivity index (χ1n) is 10.4. The minimum Gasteiger partial charge on any atom is -0.480 e. The van der Waals surface area contributed by atoms with Crippen molar-refractivity contribution in [3.05, 3.63) is 80.9 Å². The second kappa shape index (κ2) is 10.9. The van der Waals surface area contributed by atoms with Crippen molar-refractivity contribution in [1.29, 1.82) is 0 Å². The van der Waals surface area contributed by atoms with Gasteiger partial charge >= 0.3 is 12.1 Å².